The van der Waals surface area contributed by atoms with Crippen molar-refractivity contribution in [2.75, 3.05) is 18.5 Å². The zero-order valence-electron chi connectivity index (χ0n) is 17.9. The molecule has 0 saturated carbocycles. The van der Waals surface area contributed by atoms with E-state index in [0.717, 1.165) is 10.6 Å². The molecule has 0 bridgehead atoms. The lowest BCUT2D eigenvalue weighted by molar-refractivity contribution is -0.130. The van der Waals surface area contributed by atoms with Crippen molar-refractivity contribution in [3.63, 3.8) is 0 Å². The van der Waals surface area contributed by atoms with Crippen LogP contribution in [-0.2, 0) is 9.59 Å². The highest BCUT2D eigenvalue weighted by Crippen LogP contribution is 2.25. The third-order valence-electron chi connectivity index (χ3n) is 4.74. The van der Waals surface area contributed by atoms with Gasteiger partial charge in [0, 0.05) is 18.7 Å². The van der Waals surface area contributed by atoms with Crippen molar-refractivity contribution in [3.05, 3.63) is 48.5 Å². The summed E-state index contributed by atoms with van der Waals surface area (Å²) in [4.78, 5) is 37.3. The maximum absolute atomic E-state index is 12.2. The smallest absolute Gasteiger partial charge is 0.325 e. The second kappa shape index (κ2) is 9.51. The van der Waals surface area contributed by atoms with Crippen LogP contribution in [0.3, 0.4) is 0 Å². The molecule has 1 fully saturated rings. The monoisotopic (exact) mass is 425 g/mol. The number of rotatable bonds is 9. The van der Waals surface area contributed by atoms with Gasteiger partial charge in [0.05, 0.1) is 6.61 Å². The molecule has 0 radical (unpaired) electrons. The van der Waals surface area contributed by atoms with Gasteiger partial charge in [-0.15, -0.1) is 0 Å². The second-order valence-corrected chi connectivity index (χ2v) is 7.69. The number of benzene rings is 2. The fraction of sp³-hybridized carbons (Fsp3) is 0.348. The molecule has 1 heterocycles. The Bertz CT molecular complexity index is 939. The summed E-state index contributed by atoms with van der Waals surface area (Å²) in [5.41, 5.74) is -0.255. The Balaban J connectivity index is 1.44. The molecule has 164 valence electrons. The maximum Gasteiger partial charge on any atom is 0.325 e. The highest BCUT2D eigenvalue weighted by atomic mass is 16.5. The normalized spacial score (nSPS) is 14.9. The van der Waals surface area contributed by atoms with Gasteiger partial charge in [-0.1, -0.05) is 0 Å². The van der Waals surface area contributed by atoms with Crippen molar-refractivity contribution < 1.29 is 23.9 Å². The lowest BCUT2D eigenvalue weighted by Crippen LogP contribution is -2.40. The molecule has 8 nitrogen and oxygen atoms in total. The Hall–Kier alpha value is -3.55. The average Bonchev–Trinajstić information content (AvgIpc) is 2.92. The Labute approximate surface area is 181 Å². The molecule has 1 aliphatic heterocycles. The van der Waals surface area contributed by atoms with Crippen molar-refractivity contribution in [1.29, 1.82) is 0 Å². The van der Waals surface area contributed by atoms with Crippen molar-refractivity contribution in [2.24, 2.45) is 0 Å². The first-order chi connectivity index (χ1) is 14.8. The number of hydrogen-bond donors (Lipinski definition) is 2. The SMILES string of the molecule is CCOc1ccc(Oc2ccc(NC(=O)CCCN3C(=O)NC(C)(C)C3=O)cc2)cc1. The minimum atomic E-state index is -0.894. The first kappa shape index (κ1) is 22.1. The topological polar surface area (TPSA) is 97.0 Å². The number of ether oxygens (including phenoxy) is 2. The van der Waals surface area contributed by atoms with Crippen LogP contribution < -0.4 is 20.1 Å². The van der Waals surface area contributed by atoms with E-state index >= 15 is 0 Å². The number of imide groups is 1. The molecule has 0 unspecified atom stereocenters. The molecule has 8 heteroatoms. The van der Waals surface area contributed by atoms with Crippen LogP contribution in [0, 0.1) is 0 Å². The van der Waals surface area contributed by atoms with E-state index in [-0.39, 0.29) is 24.8 Å². The van der Waals surface area contributed by atoms with Crippen molar-refractivity contribution in [1.82, 2.24) is 10.2 Å². The third-order valence-corrected chi connectivity index (χ3v) is 4.74. The first-order valence-corrected chi connectivity index (χ1v) is 10.2. The highest BCUT2D eigenvalue weighted by molar-refractivity contribution is 6.06. The molecule has 1 saturated heterocycles. The van der Waals surface area contributed by atoms with E-state index in [1.165, 1.54) is 0 Å². The molecule has 2 aromatic rings. The van der Waals surface area contributed by atoms with Crippen LogP contribution in [0.5, 0.6) is 17.2 Å². The minimum Gasteiger partial charge on any atom is -0.494 e. The van der Waals surface area contributed by atoms with Crippen molar-refractivity contribution in [2.45, 2.75) is 39.2 Å². The lowest BCUT2D eigenvalue weighted by atomic mass is 10.1. The fourth-order valence-electron chi connectivity index (χ4n) is 3.16. The standard InChI is InChI=1S/C23H27N3O5/c1-4-30-17-11-13-19(14-12-17)31-18-9-7-16(8-10-18)24-20(27)6-5-15-26-21(28)23(2,3)25-22(26)29/h7-14H,4-6,15H2,1-3H3,(H,24,27)(H,25,29). The van der Waals surface area contributed by atoms with Gasteiger partial charge in [0.1, 0.15) is 22.8 Å². The number of amides is 4. The van der Waals surface area contributed by atoms with Gasteiger partial charge in [-0.05, 0) is 75.7 Å². The molecule has 0 aliphatic carbocycles. The Morgan fingerprint density at radius 3 is 2.13 bits per heavy atom. The molecular formula is C23H27N3O5. The van der Waals surface area contributed by atoms with E-state index in [0.29, 0.717) is 30.2 Å². The third kappa shape index (κ3) is 5.75. The predicted octanol–water partition coefficient (Wildman–Crippen LogP) is 3.93. The number of hydrogen-bond acceptors (Lipinski definition) is 5. The van der Waals surface area contributed by atoms with E-state index < -0.39 is 11.6 Å². The van der Waals surface area contributed by atoms with Gasteiger partial charge < -0.3 is 20.1 Å². The van der Waals surface area contributed by atoms with E-state index in [1.807, 2.05) is 31.2 Å². The van der Waals surface area contributed by atoms with Crippen LogP contribution in [0.25, 0.3) is 0 Å². The lowest BCUT2D eigenvalue weighted by Gasteiger charge is -2.15. The fourth-order valence-corrected chi connectivity index (χ4v) is 3.16. The number of anilines is 1. The summed E-state index contributed by atoms with van der Waals surface area (Å²) in [6.07, 6.45) is 0.585. The van der Waals surface area contributed by atoms with Gasteiger partial charge >= 0.3 is 6.03 Å². The van der Waals surface area contributed by atoms with Crippen LogP contribution in [0.15, 0.2) is 48.5 Å². The zero-order chi connectivity index (χ0) is 22.4. The second-order valence-electron chi connectivity index (χ2n) is 7.69. The summed E-state index contributed by atoms with van der Waals surface area (Å²) in [5, 5.41) is 5.42. The molecule has 4 amide bonds. The van der Waals surface area contributed by atoms with E-state index in [1.54, 1.807) is 38.1 Å². The first-order valence-electron chi connectivity index (χ1n) is 10.2. The van der Waals surface area contributed by atoms with Crippen LogP contribution in [0.4, 0.5) is 10.5 Å². The number of urea groups is 1. The largest absolute Gasteiger partial charge is 0.494 e. The molecule has 31 heavy (non-hydrogen) atoms. The number of carbonyl (C=O) groups excluding carboxylic acids is 3. The summed E-state index contributed by atoms with van der Waals surface area (Å²) >= 11 is 0. The number of nitrogens with zero attached hydrogens (tertiary/aromatic N) is 1. The molecule has 3 rings (SSSR count). The molecule has 2 aromatic carbocycles. The predicted molar refractivity (Wildman–Crippen MR) is 116 cm³/mol. The van der Waals surface area contributed by atoms with Gasteiger partial charge in [-0.25, -0.2) is 4.79 Å². The average molecular weight is 425 g/mol. The van der Waals surface area contributed by atoms with Gasteiger partial charge in [0.25, 0.3) is 5.91 Å². The summed E-state index contributed by atoms with van der Waals surface area (Å²) in [6, 6.07) is 14.0. The molecule has 1 aliphatic rings. The Morgan fingerprint density at radius 2 is 1.58 bits per heavy atom. The summed E-state index contributed by atoms with van der Waals surface area (Å²) in [7, 11) is 0. The van der Waals surface area contributed by atoms with Gasteiger partial charge in [-0.2, -0.15) is 0 Å². The van der Waals surface area contributed by atoms with E-state index in [4.69, 9.17) is 9.47 Å². The van der Waals surface area contributed by atoms with Crippen LogP contribution in [0.1, 0.15) is 33.6 Å². The maximum atomic E-state index is 12.2. The molecular weight excluding hydrogens is 398 g/mol. The quantitative estimate of drug-likeness (QED) is 0.594. The molecule has 2 N–H and O–H groups in total. The molecule has 0 atom stereocenters. The van der Waals surface area contributed by atoms with Gasteiger partial charge in [0.2, 0.25) is 5.91 Å². The number of nitrogens with one attached hydrogen (secondary N) is 2. The van der Waals surface area contributed by atoms with Gasteiger partial charge in [0.15, 0.2) is 0 Å². The van der Waals surface area contributed by atoms with Crippen molar-refractivity contribution >= 4 is 23.5 Å². The van der Waals surface area contributed by atoms with E-state index in [2.05, 4.69) is 10.6 Å². The molecule has 0 aromatic heterocycles. The van der Waals surface area contributed by atoms with Crippen LogP contribution in [-0.4, -0.2) is 41.4 Å². The van der Waals surface area contributed by atoms with Gasteiger partial charge in [-0.3, -0.25) is 14.5 Å². The zero-order valence-corrected chi connectivity index (χ0v) is 17.9. The minimum absolute atomic E-state index is 0.188. The summed E-state index contributed by atoms with van der Waals surface area (Å²) < 4.78 is 11.2. The summed E-state index contributed by atoms with van der Waals surface area (Å²) in [5.74, 6) is 1.64. The highest BCUT2D eigenvalue weighted by Gasteiger charge is 2.43. The summed E-state index contributed by atoms with van der Waals surface area (Å²) in [6.45, 7) is 6.05. The van der Waals surface area contributed by atoms with E-state index in [9.17, 15) is 14.4 Å². The Morgan fingerprint density at radius 1 is 1.00 bits per heavy atom. The van der Waals surface area contributed by atoms with Crippen molar-refractivity contribution in [3.8, 4) is 17.2 Å². The van der Waals surface area contributed by atoms with Crippen LogP contribution >= 0.6 is 0 Å². The number of carbonyl (C=O) groups is 3. The molecule has 0 spiro atoms. The van der Waals surface area contributed by atoms with Crippen LogP contribution in [0.2, 0.25) is 0 Å². The Kier molecular flexibility index (Phi) is 6.79.